The summed E-state index contributed by atoms with van der Waals surface area (Å²) in [6.45, 7) is 2.66. The normalized spacial score (nSPS) is 15.9. The van der Waals surface area contributed by atoms with Crippen molar-refractivity contribution in [3.63, 3.8) is 0 Å². The molecule has 0 unspecified atom stereocenters. The molecule has 2 heterocycles. The van der Waals surface area contributed by atoms with Crippen LogP contribution in [0.15, 0.2) is 18.2 Å². The number of carbonyl (C=O) groups is 2. The summed E-state index contributed by atoms with van der Waals surface area (Å²) in [7, 11) is 0. The molecule has 0 bridgehead atoms. The quantitative estimate of drug-likeness (QED) is 0.772. The van der Waals surface area contributed by atoms with Crippen LogP contribution in [-0.2, 0) is 19.5 Å². The highest BCUT2D eigenvalue weighted by Crippen LogP contribution is 2.29. The van der Waals surface area contributed by atoms with Gasteiger partial charge in [0.1, 0.15) is 0 Å². The molecule has 1 aromatic carbocycles. The molecule has 0 aliphatic carbocycles. The molecule has 1 amide bonds. The number of nitrogens with two attached hydrogens (primary N) is 1. The average Bonchev–Trinajstić information content (AvgIpc) is 2.93. The molecule has 1 aromatic heterocycles. The van der Waals surface area contributed by atoms with Crippen LogP contribution in [0.5, 0.6) is 0 Å². The van der Waals surface area contributed by atoms with Gasteiger partial charge in [-0.05, 0) is 25.1 Å². The molecule has 1 aliphatic heterocycles. The zero-order valence-corrected chi connectivity index (χ0v) is 16.8. The van der Waals surface area contributed by atoms with Gasteiger partial charge in [0.15, 0.2) is 5.69 Å². The van der Waals surface area contributed by atoms with Gasteiger partial charge < -0.3 is 15.7 Å². The van der Waals surface area contributed by atoms with Crippen molar-refractivity contribution >= 4 is 47.5 Å². The van der Waals surface area contributed by atoms with E-state index in [1.165, 1.54) is 10.7 Å². The van der Waals surface area contributed by atoms with Crippen LogP contribution in [0.2, 0.25) is 10.0 Å². The number of hydrogen-bond donors (Lipinski definition) is 2. The summed E-state index contributed by atoms with van der Waals surface area (Å²) in [5, 5.41) is 14.6. The van der Waals surface area contributed by atoms with Gasteiger partial charge in [0.05, 0.1) is 28.8 Å². The third-order valence-electron chi connectivity index (χ3n) is 4.45. The molecule has 0 fully saturated rings. The summed E-state index contributed by atoms with van der Waals surface area (Å²) < 4.78 is 1.41. The largest absolute Gasteiger partial charge is 0.477 e. The summed E-state index contributed by atoms with van der Waals surface area (Å²) in [6, 6.07) is 4.56. The number of fused-ring (bicyclic) bond motifs is 1. The van der Waals surface area contributed by atoms with Gasteiger partial charge in [-0.2, -0.15) is 5.10 Å². The zero-order chi connectivity index (χ0) is 19.0. The lowest BCUT2D eigenvalue weighted by Crippen LogP contribution is -2.42. The van der Waals surface area contributed by atoms with E-state index in [1.807, 2.05) is 6.92 Å². The van der Waals surface area contributed by atoms with Gasteiger partial charge in [-0.1, -0.05) is 23.2 Å². The van der Waals surface area contributed by atoms with E-state index >= 15 is 0 Å². The van der Waals surface area contributed by atoms with Crippen molar-refractivity contribution in [1.82, 2.24) is 14.7 Å². The summed E-state index contributed by atoms with van der Waals surface area (Å²) in [6.07, 6.45) is 0.472. The number of hydrogen-bond acceptors (Lipinski definition) is 4. The van der Waals surface area contributed by atoms with E-state index < -0.39 is 5.97 Å². The lowest BCUT2D eigenvalue weighted by Gasteiger charge is -2.33. The molecule has 0 radical (unpaired) electrons. The van der Waals surface area contributed by atoms with Gasteiger partial charge in [0.2, 0.25) is 0 Å². The lowest BCUT2D eigenvalue weighted by molar-refractivity contribution is 0.0634. The SMILES string of the molecule is C[C@@H]1Cc2nn(CCN)c(C(=O)O)c2CN1C(=O)c1ccc(Cl)c(Cl)c1.Cl. The molecule has 0 saturated heterocycles. The van der Waals surface area contributed by atoms with Crippen LogP contribution in [0, 0.1) is 0 Å². The Labute approximate surface area is 172 Å². The number of benzene rings is 1. The average molecular weight is 434 g/mol. The van der Waals surface area contributed by atoms with E-state index in [0.717, 1.165) is 0 Å². The van der Waals surface area contributed by atoms with E-state index in [4.69, 9.17) is 28.9 Å². The molecule has 0 saturated carbocycles. The third-order valence-corrected chi connectivity index (χ3v) is 5.19. The smallest absolute Gasteiger partial charge is 0.354 e. The van der Waals surface area contributed by atoms with Crippen LogP contribution < -0.4 is 5.73 Å². The number of carboxylic acids is 1. The van der Waals surface area contributed by atoms with Crippen LogP contribution in [0.1, 0.15) is 39.0 Å². The van der Waals surface area contributed by atoms with Crippen molar-refractivity contribution in [3.8, 4) is 0 Å². The Morgan fingerprint density at radius 3 is 2.63 bits per heavy atom. The second-order valence-electron chi connectivity index (χ2n) is 6.21. The van der Waals surface area contributed by atoms with Gasteiger partial charge in [0, 0.05) is 30.1 Å². The van der Waals surface area contributed by atoms with Gasteiger partial charge in [0.25, 0.3) is 5.91 Å². The van der Waals surface area contributed by atoms with Crippen molar-refractivity contribution in [2.75, 3.05) is 6.54 Å². The van der Waals surface area contributed by atoms with E-state index in [2.05, 4.69) is 5.10 Å². The number of carboxylic acid groups (broad SMARTS) is 1. The number of aromatic nitrogens is 2. The van der Waals surface area contributed by atoms with Crippen LogP contribution in [0.4, 0.5) is 0 Å². The van der Waals surface area contributed by atoms with Gasteiger partial charge in [-0.3, -0.25) is 9.48 Å². The molecular weight excluding hydrogens is 415 g/mol. The molecule has 1 aliphatic rings. The second-order valence-corrected chi connectivity index (χ2v) is 7.02. The molecule has 3 rings (SSSR count). The number of aromatic carboxylic acids is 1. The molecule has 3 N–H and O–H groups in total. The van der Waals surface area contributed by atoms with E-state index in [-0.39, 0.29) is 43.1 Å². The minimum absolute atomic E-state index is 0. The monoisotopic (exact) mass is 432 g/mol. The maximum Gasteiger partial charge on any atom is 0.354 e. The van der Waals surface area contributed by atoms with E-state index in [1.54, 1.807) is 17.0 Å². The lowest BCUT2D eigenvalue weighted by atomic mass is 9.98. The van der Waals surface area contributed by atoms with Gasteiger partial charge in [-0.25, -0.2) is 4.79 Å². The van der Waals surface area contributed by atoms with Crippen LogP contribution >= 0.6 is 35.6 Å². The van der Waals surface area contributed by atoms with Crippen molar-refractivity contribution in [1.29, 1.82) is 0 Å². The Kier molecular flexibility index (Phi) is 6.75. The van der Waals surface area contributed by atoms with Gasteiger partial charge in [-0.15, -0.1) is 12.4 Å². The van der Waals surface area contributed by atoms with E-state index in [0.29, 0.717) is 39.8 Å². The van der Waals surface area contributed by atoms with Crippen LogP contribution in [-0.4, -0.2) is 44.3 Å². The Bertz CT molecular complexity index is 885. The fourth-order valence-electron chi connectivity index (χ4n) is 3.19. The van der Waals surface area contributed by atoms with Crippen molar-refractivity contribution in [2.24, 2.45) is 5.73 Å². The first-order chi connectivity index (χ1) is 12.3. The van der Waals surface area contributed by atoms with Crippen molar-refractivity contribution < 1.29 is 14.7 Å². The summed E-state index contributed by atoms with van der Waals surface area (Å²) in [5.74, 6) is -1.31. The predicted molar refractivity (Wildman–Crippen MR) is 105 cm³/mol. The maximum absolute atomic E-state index is 12.9. The Hall–Kier alpha value is -1.80. The molecule has 0 spiro atoms. The topological polar surface area (TPSA) is 101 Å². The Morgan fingerprint density at radius 1 is 1.33 bits per heavy atom. The maximum atomic E-state index is 12.9. The molecule has 27 heavy (non-hydrogen) atoms. The first kappa shape index (κ1) is 21.5. The number of halogens is 3. The standard InChI is InChI=1S/C17H18Cl2N4O3.ClH/c1-9-6-14-11(15(17(25)26)23(21-14)5-4-20)8-22(9)16(24)10-2-3-12(18)13(19)7-10;/h2-3,7,9H,4-6,8,20H2,1H3,(H,25,26);1H/t9-;/m1./s1. The first-order valence-electron chi connectivity index (χ1n) is 8.11. The molecule has 2 aromatic rings. The third kappa shape index (κ3) is 4.06. The number of nitrogens with zero attached hydrogens (tertiary/aromatic N) is 3. The zero-order valence-electron chi connectivity index (χ0n) is 14.5. The second kappa shape index (κ2) is 8.48. The molecule has 146 valence electrons. The van der Waals surface area contributed by atoms with E-state index in [9.17, 15) is 14.7 Å². The molecule has 1 atom stereocenters. The van der Waals surface area contributed by atoms with Crippen molar-refractivity contribution in [3.05, 3.63) is 50.8 Å². The number of amides is 1. The molecule has 10 heteroatoms. The minimum atomic E-state index is -1.08. The van der Waals surface area contributed by atoms with Crippen molar-refractivity contribution in [2.45, 2.75) is 32.5 Å². The molecule has 7 nitrogen and oxygen atoms in total. The van der Waals surface area contributed by atoms with Crippen LogP contribution in [0.25, 0.3) is 0 Å². The predicted octanol–water partition coefficient (Wildman–Crippen LogP) is 2.86. The summed E-state index contributed by atoms with van der Waals surface area (Å²) in [5.41, 5.74) is 7.29. The number of carbonyl (C=O) groups excluding carboxylic acids is 1. The Morgan fingerprint density at radius 2 is 2.04 bits per heavy atom. The first-order valence-corrected chi connectivity index (χ1v) is 8.87. The summed E-state index contributed by atoms with van der Waals surface area (Å²) >= 11 is 11.9. The molecular formula is C17H19Cl3N4O3. The van der Waals surface area contributed by atoms with Crippen LogP contribution in [0.3, 0.4) is 0 Å². The Balaban J connectivity index is 0.00000261. The number of rotatable bonds is 4. The summed E-state index contributed by atoms with van der Waals surface area (Å²) in [4.78, 5) is 26.3. The minimum Gasteiger partial charge on any atom is -0.477 e. The fraction of sp³-hybridized carbons (Fsp3) is 0.353. The fourth-order valence-corrected chi connectivity index (χ4v) is 3.48. The highest BCUT2D eigenvalue weighted by Gasteiger charge is 2.34. The highest BCUT2D eigenvalue weighted by molar-refractivity contribution is 6.42. The van der Waals surface area contributed by atoms with Gasteiger partial charge >= 0.3 is 5.97 Å². The highest BCUT2D eigenvalue weighted by atomic mass is 35.5.